The highest BCUT2D eigenvalue weighted by Gasteiger charge is 2.11. The monoisotopic (exact) mass is 307 g/mol. The zero-order valence-electron chi connectivity index (χ0n) is 11.0. The molecular weight excluding hydrogens is 293 g/mol. The molecule has 0 saturated heterocycles. The van der Waals surface area contributed by atoms with E-state index in [0.717, 1.165) is 32.0 Å². The van der Waals surface area contributed by atoms with E-state index in [4.69, 9.17) is 5.73 Å². The van der Waals surface area contributed by atoms with Crippen molar-refractivity contribution in [1.29, 1.82) is 0 Å². The molecule has 0 fully saturated rings. The number of halogens is 1. The molecule has 1 aromatic carbocycles. The molecule has 0 aliphatic carbocycles. The van der Waals surface area contributed by atoms with E-state index >= 15 is 0 Å². The number of hydrogen-bond donors (Lipinski definition) is 1. The number of nitrogens with two attached hydrogens (primary N) is 1. The van der Waals surface area contributed by atoms with Crippen LogP contribution < -0.4 is 5.73 Å². The molecule has 0 radical (unpaired) electrons. The number of rotatable bonds is 4. The molecule has 20 heavy (non-hydrogen) atoms. The molecule has 0 saturated carbocycles. The van der Waals surface area contributed by atoms with Crippen LogP contribution in [0.1, 0.15) is 11.3 Å². The van der Waals surface area contributed by atoms with Gasteiger partial charge in [-0.25, -0.2) is 4.39 Å². The van der Waals surface area contributed by atoms with Crippen LogP contribution in [0.25, 0.3) is 10.1 Å². The van der Waals surface area contributed by atoms with Gasteiger partial charge in [-0.15, -0.1) is 23.1 Å². The van der Waals surface area contributed by atoms with Crippen molar-refractivity contribution in [1.82, 2.24) is 9.78 Å². The zero-order valence-corrected chi connectivity index (χ0v) is 12.6. The van der Waals surface area contributed by atoms with Gasteiger partial charge in [0.05, 0.1) is 21.5 Å². The number of hydrogen-bond acceptors (Lipinski definition) is 4. The highest BCUT2D eigenvalue weighted by molar-refractivity contribution is 7.98. The third kappa shape index (κ3) is 2.34. The highest BCUT2D eigenvalue weighted by atomic mass is 32.2. The number of aryl methyl sites for hydroxylation is 1. The van der Waals surface area contributed by atoms with Gasteiger partial charge in [0.25, 0.3) is 0 Å². The van der Waals surface area contributed by atoms with Gasteiger partial charge in [0, 0.05) is 19.3 Å². The molecule has 104 valence electrons. The van der Waals surface area contributed by atoms with Crippen LogP contribution in [0.15, 0.2) is 34.7 Å². The van der Waals surface area contributed by atoms with E-state index in [1.54, 1.807) is 22.5 Å². The van der Waals surface area contributed by atoms with Gasteiger partial charge in [0.2, 0.25) is 0 Å². The van der Waals surface area contributed by atoms with E-state index in [1.807, 2.05) is 24.7 Å². The Morgan fingerprint density at radius 2 is 2.30 bits per heavy atom. The highest BCUT2D eigenvalue weighted by Crippen LogP contribution is 2.33. The molecular formula is C14H14FN3S2. The second-order valence-corrected chi connectivity index (χ2v) is 6.35. The predicted octanol–water partition coefficient (Wildman–Crippen LogP) is 3.52. The molecule has 3 nitrogen and oxygen atoms in total. The van der Waals surface area contributed by atoms with Gasteiger partial charge in [0.15, 0.2) is 0 Å². The minimum atomic E-state index is -0.146. The van der Waals surface area contributed by atoms with Gasteiger partial charge < -0.3 is 5.73 Å². The molecule has 0 amide bonds. The summed E-state index contributed by atoms with van der Waals surface area (Å²) in [6.07, 6.45) is 1.84. The summed E-state index contributed by atoms with van der Waals surface area (Å²) >= 11 is 3.15. The fourth-order valence-electron chi connectivity index (χ4n) is 2.14. The lowest BCUT2D eigenvalue weighted by Crippen LogP contribution is -2.05. The van der Waals surface area contributed by atoms with Gasteiger partial charge >= 0.3 is 0 Å². The summed E-state index contributed by atoms with van der Waals surface area (Å²) in [4.78, 5) is 1.09. The maximum absolute atomic E-state index is 13.7. The Balaban J connectivity index is 1.85. The van der Waals surface area contributed by atoms with Gasteiger partial charge in [-0.1, -0.05) is 12.1 Å². The van der Waals surface area contributed by atoms with Crippen molar-refractivity contribution < 1.29 is 4.39 Å². The molecule has 0 aliphatic heterocycles. The fourth-order valence-corrected chi connectivity index (χ4v) is 4.27. The molecule has 0 aliphatic rings. The van der Waals surface area contributed by atoms with Crippen LogP contribution in [0.3, 0.4) is 0 Å². The molecule has 0 spiro atoms. The number of thioether (sulfide) groups is 1. The van der Waals surface area contributed by atoms with Crippen LogP contribution in [0.5, 0.6) is 0 Å². The Bertz CT molecular complexity index is 748. The molecule has 2 N–H and O–H groups in total. The van der Waals surface area contributed by atoms with Crippen LogP contribution >= 0.6 is 23.1 Å². The van der Waals surface area contributed by atoms with Crippen molar-refractivity contribution in [2.45, 2.75) is 17.2 Å². The van der Waals surface area contributed by atoms with E-state index in [0.29, 0.717) is 6.54 Å². The van der Waals surface area contributed by atoms with Crippen LogP contribution in [-0.2, 0) is 19.3 Å². The lowest BCUT2D eigenvalue weighted by molar-refractivity contribution is 0.641. The summed E-state index contributed by atoms with van der Waals surface area (Å²) in [5, 5.41) is 7.25. The first kappa shape index (κ1) is 13.6. The van der Waals surface area contributed by atoms with Crippen molar-refractivity contribution in [3.63, 3.8) is 0 Å². The number of fused-ring (bicyclic) bond motifs is 1. The van der Waals surface area contributed by atoms with Gasteiger partial charge in [0.1, 0.15) is 5.82 Å². The van der Waals surface area contributed by atoms with Gasteiger partial charge in [-0.05, 0) is 22.4 Å². The first-order valence-electron chi connectivity index (χ1n) is 6.19. The lowest BCUT2D eigenvalue weighted by atomic mass is 10.2. The van der Waals surface area contributed by atoms with Crippen molar-refractivity contribution in [2.24, 2.45) is 12.8 Å². The summed E-state index contributed by atoms with van der Waals surface area (Å²) in [6, 6.07) is 5.23. The molecule has 3 aromatic rings. The Hall–Kier alpha value is -1.37. The minimum Gasteiger partial charge on any atom is -0.325 e. The molecule has 2 aromatic heterocycles. The van der Waals surface area contributed by atoms with Crippen molar-refractivity contribution in [2.75, 3.05) is 0 Å². The van der Waals surface area contributed by atoms with E-state index in [1.165, 1.54) is 17.4 Å². The number of aromatic nitrogens is 2. The average molecular weight is 307 g/mol. The van der Waals surface area contributed by atoms with Gasteiger partial charge in [-0.2, -0.15) is 5.10 Å². The summed E-state index contributed by atoms with van der Waals surface area (Å²) in [5.41, 5.74) is 7.92. The normalized spacial score (nSPS) is 11.3. The smallest absolute Gasteiger partial charge is 0.140 e. The van der Waals surface area contributed by atoms with E-state index in [-0.39, 0.29) is 5.82 Å². The van der Waals surface area contributed by atoms with Crippen LogP contribution in [0.4, 0.5) is 4.39 Å². The second kappa shape index (κ2) is 5.55. The van der Waals surface area contributed by atoms with Crippen LogP contribution in [0, 0.1) is 5.82 Å². The van der Waals surface area contributed by atoms with Crippen molar-refractivity contribution >= 4 is 33.2 Å². The van der Waals surface area contributed by atoms with Crippen molar-refractivity contribution in [3.05, 3.63) is 46.9 Å². The van der Waals surface area contributed by atoms with Crippen molar-refractivity contribution in [3.8, 4) is 0 Å². The van der Waals surface area contributed by atoms with E-state index in [9.17, 15) is 4.39 Å². The van der Waals surface area contributed by atoms with E-state index < -0.39 is 0 Å². The first-order chi connectivity index (χ1) is 9.70. The Morgan fingerprint density at radius 1 is 1.45 bits per heavy atom. The predicted molar refractivity (Wildman–Crippen MR) is 82.4 cm³/mol. The largest absolute Gasteiger partial charge is 0.325 e. The Kier molecular flexibility index (Phi) is 3.78. The Labute approximate surface area is 124 Å². The molecule has 2 heterocycles. The molecule has 0 bridgehead atoms. The maximum Gasteiger partial charge on any atom is 0.140 e. The first-order valence-corrected chi connectivity index (χ1v) is 8.05. The van der Waals surface area contributed by atoms with E-state index in [2.05, 4.69) is 5.10 Å². The van der Waals surface area contributed by atoms with Crippen LogP contribution in [0.2, 0.25) is 0 Å². The Morgan fingerprint density at radius 3 is 3.10 bits per heavy atom. The topological polar surface area (TPSA) is 43.8 Å². The number of nitrogens with zero attached hydrogens (tertiary/aromatic N) is 2. The third-order valence-corrected chi connectivity index (χ3v) is 5.39. The standard InChI is InChI=1S/C14H14FN3S2/c1-18-12(5-16)13(6-17-18)19-7-9-8-20-14-10(9)3-2-4-11(14)15/h2-4,6,8H,5,7,16H2,1H3. The summed E-state index contributed by atoms with van der Waals surface area (Å²) < 4.78 is 16.2. The number of thiophene rings is 1. The number of benzene rings is 1. The summed E-state index contributed by atoms with van der Waals surface area (Å²) in [7, 11) is 1.89. The quantitative estimate of drug-likeness (QED) is 0.750. The summed E-state index contributed by atoms with van der Waals surface area (Å²) in [6.45, 7) is 0.470. The van der Waals surface area contributed by atoms with Gasteiger partial charge in [-0.3, -0.25) is 4.68 Å². The average Bonchev–Trinajstić information content (AvgIpc) is 3.01. The SMILES string of the molecule is Cn1ncc(SCc2csc3c(F)cccc23)c1CN. The molecule has 6 heteroatoms. The van der Waals surface area contributed by atoms with Crippen LogP contribution in [-0.4, -0.2) is 9.78 Å². The zero-order chi connectivity index (χ0) is 14.1. The molecule has 3 rings (SSSR count). The minimum absolute atomic E-state index is 0.146. The summed E-state index contributed by atoms with van der Waals surface area (Å²) in [5.74, 6) is 0.648. The maximum atomic E-state index is 13.7. The molecule has 0 atom stereocenters. The third-order valence-electron chi connectivity index (χ3n) is 3.23. The second-order valence-electron chi connectivity index (χ2n) is 4.45. The fraction of sp³-hybridized carbons (Fsp3) is 0.214. The molecule has 0 unspecified atom stereocenters. The lowest BCUT2D eigenvalue weighted by Gasteiger charge is -2.03.